The predicted octanol–water partition coefficient (Wildman–Crippen LogP) is 3.95. The Morgan fingerprint density at radius 3 is 2.32 bits per heavy atom. The van der Waals surface area contributed by atoms with Crippen molar-refractivity contribution < 1.29 is 21.0 Å². The van der Waals surface area contributed by atoms with E-state index in [0.29, 0.717) is 0 Å². The second-order valence-corrected chi connectivity index (χ2v) is 4.00. The van der Waals surface area contributed by atoms with E-state index in [9.17, 15) is 0 Å². The van der Waals surface area contributed by atoms with Crippen molar-refractivity contribution in [1.82, 2.24) is 0 Å². The summed E-state index contributed by atoms with van der Waals surface area (Å²) in [6.45, 7) is 2.02. The van der Waals surface area contributed by atoms with Crippen LogP contribution in [0.4, 0.5) is 5.69 Å². The first kappa shape index (κ1) is 18.0. The first-order chi connectivity index (χ1) is 8.77. The molecule has 2 nitrogen and oxygen atoms in total. The van der Waals surface area contributed by atoms with Gasteiger partial charge in [-0.3, -0.25) is 4.99 Å². The van der Waals surface area contributed by atoms with Gasteiger partial charge in [0.2, 0.25) is 0 Å². The molecule has 0 amide bonds. The Morgan fingerprint density at radius 2 is 1.68 bits per heavy atom. The fourth-order valence-electron chi connectivity index (χ4n) is 1.43. The average molecular weight is 330 g/mol. The minimum absolute atomic E-state index is 0. The monoisotopic (exact) mass is 329 g/mol. The summed E-state index contributed by atoms with van der Waals surface area (Å²) < 4.78 is 8.19. The molecule has 5 heteroatoms. The summed E-state index contributed by atoms with van der Waals surface area (Å²) >= 11 is 6.38. The topological polar surface area (TPSA) is 29.4 Å². The van der Waals surface area contributed by atoms with Crippen LogP contribution in [0.3, 0.4) is 0 Å². The van der Waals surface area contributed by atoms with Crippen LogP contribution in [0.1, 0.15) is 11.1 Å². The third kappa shape index (κ3) is 5.66. The second kappa shape index (κ2) is 9.87. The quantitative estimate of drug-likeness (QED) is 0.616. The van der Waals surface area contributed by atoms with Gasteiger partial charge in [-0.2, -0.15) is 4.90 Å². The number of nitrogens with zero attached hydrogens (tertiary/aromatic N) is 1. The van der Waals surface area contributed by atoms with Crippen molar-refractivity contribution in [2.75, 3.05) is 0 Å². The van der Waals surface area contributed by atoms with Gasteiger partial charge in [-0.25, -0.2) is 0 Å². The number of rotatable bonds is 2. The van der Waals surface area contributed by atoms with Crippen molar-refractivity contribution in [2.24, 2.45) is 4.99 Å². The van der Waals surface area contributed by atoms with Gasteiger partial charge in [0.05, 0.1) is 5.69 Å². The molecule has 2 aromatic carbocycles. The number of aliphatic imine (C=N–C) groups is 1. The molecule has 2 rings (SSSR count). The van der Waals surface area contributed by atoms with Gasteiger partial charge in [0.25, 0.3) is 0 Å². The van der Waals surface area contributed by atoms with E-state index in [4.69, 9.17) is 16.3 Å². The van der Waals surface area contributed by atoms with Crippen molar-refractivity contribution in [3.05, 3.63) is 59.7 Å². The molecular weight excluding hydrogens is 317 g/mol. The van der Waals surface area contributed by atoms with E-state index in [1.165, 1.54) is 0 Å². The van der Waals surface area contributed by atoms with Gasteiger partial charge in [0, 0.05) is 6.21 Å². The van der Waals surface area contributed by atoms with E-state index in [-0.39, 0.29) is 12.4 Å². The number of hydrogen-bond donors (Lipinski definition) is 0. The number of halogens is 1. The summed E-state index contributed by atoms with van der Waals surface area (Å²) in [7, 11) is 0. The molecule has 19 heavy (non-hydrogen) atoms. The summed E-state index contributed by atoms with van der Waals surface area (Å²) in [4.78, 5) is 5.26. The third-order valence-electron chi connectivity index (χ3n) is 2.35. The fourth-order valence-corrected chi connectivity index (χ4v) is 1.62. The Kier molecular flexibility index (Phi) is 9.36. The van der Waals surface area contributed by atoms with E-state index < -0.39 is 0 Å². The van der Waals surface area contributed by atoms with Crippen molar-refractivity contribution >= 4 is 36.9 Å². The molecule has 0 radical (unpaired) electrons. The molecule has 0 aromatic heterocycles. The van der Waals surface area contributed by atoms with Crippen LogP contribution in [-0.2, 0) is 33.7 Å². The Morgan fingerprint density at radius 1 is 1.05 bits per heavy atom. The summed E-state index contributed by atoms with van der Waals surface area (Å²) in [5, 5.41) is 0. The van der Waals surface area contributed by atoms with Gasteiger partial charge in [-0.05, 0) is 24.6 Å². The summed E-state index contributed by atoms with van der Waals surface area (Å²) in [6, 6.07) is 15.9. The molecule has 0 saturated carbocycles. The number of para-hydroxylation sites is 1. The molecule has 0 saturated heterocycles. The van der Waals surface area contributed by atoms with Gasteiger partial charge in [-0.1, -0.05) is 42.0 Å². The van der Waals surface area contributed by atoms with Gasteiger partial charge in [-0.15, -0.1) is 12.4 Å². The number of hydrogen-bond acceptors (Lipinski definition) is 3. The average Bonchev–Trinajstić information content (AvgIpc) is 2.44. The Bertz CT molecular complexity index is 534. The Hall–Kier alpha value is -0.996. The molecular formula is C14H13ClNOSV-. The zero-order chi connectivity index (χ0) is 13.4. The summed E-state index contributed by atoms with van der Waals surface area (Å²) in [5.41, 5.74) is 3.06. The van der Waals surface area contributed by atoms with Gasteiger partial charge in [0.1, 0.15) is 0 Å². The Balaban J connectivity index is 0.00000103. The van der Waals surface area contributed by atoms with Crippen molar-refractivity contribution in [2.45, 2.75) is 11.8 Å². The van der Waals surface area contributed by atoms with E-state index >= 15 is 0 Å². The molecule has 0 unspecified atom stereocenters. The molecule has 0 N–H and O–H groups in total. The molecule has 0 fully saturated rings. The second-order valence-electron chi connectivity index (χ2n) is 3.59. The molecule has 0 heterocycles. The van der Waals surface area contributed by atoms with Crippen molar-refractivity contribution in [1.29, 1.82) is 0 Å². The number of aryl methyl sites for hydroxylation is 1. The molecule has 2 aromatic rings. The van der Waals surface area contributed by atoms with Gasteiger partial charge < -0.3 is 12.6 Å². The fraction of sp³-hybridized carbons (Fsp3) is 0.0714. The van der Waals surface area contributed by atoms with Crippen LogP contribution in [-0.4, -0.2) is 6.21 Å². The molecule has 0 bridgehead atoms. The molecule has 99 valence electrons. The van der Waals surface area contributed by atoms with Crippen LogP contribution in [0.2, 0.25) is 0 Å². The first-order valence-electron chi connectivity index (χ1n) is 5.31. The molecule has 0 aliphatic heterocycles. The van der Waals surface area contributed by atoms with Crippen LogP contribution in [0, 0.1) is 6.92 Å². The summed E-state index contributed by atoms with van der Waals surface area (Å²) in [5.74, 6) is 0. The maximum absolute atomic E-state index is 8.19. The normalized spacial score (nSPS) is 9.26. The number of benzene rings is 2. The van der Waals surface area contributed by atoms with Crippen LogP contribution in [0.25, 0.3) is 0 Å². The molecule has 0 aliphatic rings. The third-order valence-corrected chi connectivity index (χ3v) is 2.91. The molecule has 0 atom stereocenters. The predicted molar refractivity (Wildman–Crippen MR) is 78.4 cm³/mol. The van der Waals surface area contributed by atoms with E-state index in [2.05, 4.69) is 4.99 Å². The molecule has 0 aliphatic carbocycles. The van der Waals surface area contributed by atoms with Crippen LogP contribution in [0.5, 0.6) is 0 Å². The first-order valence-corrected chi connectivity index (χ1v) is 6.29. The van der Waals surface area contributed by atoms with Gasteiger partial charge in [0.15, 0.2) is 0 Å². The zero-order valence-electron chi connectivity index (χ0n) is 10.3. The van der Waals surface area contributed by atoms with E-state index in [0.717, 1.165) is 39.1 Å². The van der Waals surface area contributed by atoms with E-state index in [1.54, 1.807) is 0 Å². The van der Waals surface area contributed by atoms with Gasteiger partial charge >= 0.3 is 21.0 Å². The van der Waals surface area contributed by atoms with Crippen molar-refractivity contribution in [3.8, 4) is 0 Å². The van der Waals surface area contributed by atoms with E-state index in [1.807, 2.05) is 61.7 Å². The standard InChI is InChI=1S/C14H13NS.ClH.O.V/c1-11-6-5-7-12(14(11)16)10-15-13-8-3-2-4-9-13;;;/h2-10,16H,1H3;1H;;/p-1. The minimum atomic E-state index is 0. The molecule has 0 spiro atoms. The zero-order valence-corrected chi connectivity index (χ0v) is 13.3. The maximum atomic E-state index is 8.19. The van der Waals surface area contributed by atoms with Crippen LogP contribution < -0.4 is 0 Å². The van der Waals surface area contributed by atoms with Crippen LogP contribution in [0.15, 0.2) is 58.4 Å². The van der Waals surface area contributed by atoms with Crippen LogP contribution >= 0.6 is 12.4 Å². The Labute approximate surface area is 134 Å². The summed E-state index contributed by atoms with van der Waals surface area (Å²) in [6.07, 6.45) is 1.82. The SMILES string of the molecule is Cc1cccc(C=Nc2ccccc2)c1[S-].Cl.[O]=[V]. The van der Waals surface area contributed by atoms with Crippen molar-refractivity contribution in [3.63, 3.8) is 0 Å².